The van der Waals surface area contributed by atoms with Gasteiger partial charge in [-0.2, -0.15) is 0 Å². The van der Waals surface area contributed by atoms with Crippen molar-refractivity contribution in [3.63, 3.8) is 0 Å². The second-order valence-electron chi connectivity index (χ2n) is 7.51. The molecule has 0 unspecified atom stereocenters. The average Bonchev–Trinajstić information content (AvgIpc) is 2.94. The average molecular weight is 445 g/mol. The van der Waals surface area contributed by atoms with Gasteiger partial charge in [0.15, 0.2) is 0 Å². The first kappa shape index (κ1) is 21.2. The highest BCUT2D eigenvalue weighted by Crippen LogP contribution is 2.32. The van der Waals surface area contributed by atoms with Crippen molar-refractivity contribution in [1.82, 2.24) is 19.2 Å². The van der Waals surface area contributed by atoms with Crippen molar-refractivity contribution in [2.75, 3.05) is 49.5 Å². The minimum atomic E-state index is -3.86. The number of rotatable bonds is 6. The quantitative estimate of drug-likeness (QED) is 0.695. The molecule has 1 aromatic heterocycles. The van der Waals surface area contributed by atoms with Crippen LogP contribution in [0.1, 0.15) is 23.7 Å². The number of carbonyl (C=O) groups is 2. The maximum atomic E-state index is 12.8. The minimum absolute atomic E-state index is 0.0110. The summed E-state index contributed by atoms with van der Waals surface area (Å²) >= 11 is 0. The zero-order valence-electron chi connectivity index (χ0n) is 17.2. The Kier molecular flexibility index (Phi) is 5.88. The molecule has 0 atom stereocenters. The zero-order chi connectivity index (χ0) is 22.0. The van der Waals surface area contributed by atoms with E-state index >= 15 is 0 Å². The Morgan fingerprint density at radius 2 is 1.81 bits per heavy atom. The predicted molar refractivity (Wildman–Crippen MR) is 114 cm³/mol. The van der Waals surface area contributed by atoms with E-state index in [0.717, 1.165) is 30.5 Å². The van der Waals surface area contributed by atoms with Crippen LogP contribution in [-0.2, 0) is 14.8 Å². The Labute approximate surface area is 180 Å². The van der Waals surface area contributed by atoms with Crippen LogP contribution in [0.3, 0.4) is 0 Å². The van der Waals surface area contributed by atoms with Gasteiger partial charge in [-0.1, -0.05) is 0 Å². The summed E-state index contributed by atoms with van der Waals surface area (Å²) < 4.78 is 26.5. The zero-order valence-corrected chi connectivity index (χ0v) is 18.0. The van der Waals surface area contributed by atoms with Crippen molar-refractivity contribution >= 4 is 33.5 Å². The summed E-state index contributed by atoms with van der Waals surface area (Å²) in [4.78, 5) is 36.9. The number of fused-ring (bicyclic) bond motifs is 1. The second-order valence-corrected chi connectivity index (χ2v) is 9.34. The molecule has 31 heavy (non-hydrogen) atoms. The molecular weight excluding hydrogens is 420 g/mol. The lowest BCUT2D eigenvalue weighted by Crippen LogP contribution is -2.47. The number of sulfonamides is 1. The lowest BCUT2D eigenvalue weighted by molar-refractivity contribution is -0.114. The third kappa shape index (κ3) is 4.37. The molecule has 2 aliphatic rings. The summed E-state index contributed by atoms with van der Waals surface area (Å²) in [6.45, 7) is 5.39. The van der Waals surface area contributed by atoms with Gasteiger partial charge >= 0.3 is 0 Å². The number of nitrogens with zero attached hydrogens (tertiary/aromatic N) is 5. The Morgan fingerprint density at radius 3 is 2.48 bits per heavy atom. The highest BCUT2D eigenvalue weighted by atomic mass is 32.2. The number of piperazine rings is 1. The number of hydrogen-bond donors (Lipinski definition) is 1. The minimum Gasteiger partial charge on any atom is -0.338 e. The first-order valence-electron chi connectivity index (χ1n) is 10.1. The van der Waals surface area contributed by atoms with Gasteiger partial charge in [-0.25, -0.2) is 22.7 Å². The summed E-state index contributed by atoms with van der Waals surface area (Å²) in [5.41, 5.74) is 0.500. The maximum absolute atomic E-state index is 12.8. The molecule has 0 spiro atoms. The lowest BCUT2D eigenvalue weighted by Gasteiger charge is -2.34. The number of aromatic nitrogens is 2. The Hall–Kier alpha value is -3.05. The van der Waals surface area contributed by atoms with Crippen molar-refractivity contribution in [3.8, 4) is 0 Å². The number of nitrogens with one attached hydrogen (secondary N) is 1. The number of benzene rings is 1. The SMILES string of the molecule is CC(=O)Nc1ccc2c(c1)C(=O)N(CCCN1CCN(c3ncccn3)CC1)S2(=O)=O. The molecule has 1 N–H and O–H groups in total. The fourth-order valence-electron chi connectivity index (χ4n) is 3.85. The van der Waals surface area contributed by atoms with Gasteiger partial charge in [0.2, 0.25) is 11.9 Å². The monoisotopic (exact) mass is 444 g/mol. The molecule has 1 fully saturated rings. The van der Waals surface area contributed by atoms with Crippen molar-refractivity contribution in [3.05, 3.63) is 42.2 Å². The molecule has 2 amide bonds. The fraction of sp³-hybridized carbons (Fsp3) is 0.400. The molecule has 0 saturated carbocycles. The van der Waals surface area contributed by atoms with E-state index in [1.165, 1.54) is 25.1 Å². The standard InChI is InChI=1S/C20H24N6O4S/c1-15(27)23-16-4-5-18-17(14-16)19(28)26(31(18,29)30)9-3-8-24-10-12-25(13-11-24)20-21-6-2-7-22-20/h2,4-7,14H,3,8-13H2,1H3,(H,23,27). The van der Waals surface area contributed by atoms with Gasteiger partial charge in [-0.05, 0) is 30.7 Å². The molecule has 3 heterocycles. The second kappa shape index (κ2) is 8.60. The van der Waals surface area contributed by atoms with Crippen LogP contribution in [0.4, 0.5) is 11.6 Å². The van der Waals surface area contributed by atoms with Crippen LogP contribution >= 0.6 is 0 Å². The van der Waals surface area contributed by atoms with Crippen molar-refractivity contribution in [2.45, 2.75) is 18.2 Å². The van der Waals surface area contributed by atoms with Gasteiger partial charge in [0.1, 0.15) is 4.90 Å². The van der Waals surface area contributed by atoms with Gasteiger partial charge in [-0.15, -0.1) is 0 Å². The number of anilines is 2. The van der Waals surface area contributed by atoms with Crippen molar-refractivity contribution in [2.24, 2.45) is 0 Å². The van der Waals surface area contributed by atoms with Crippen LogP contribution in [0.15, 0.2) is 41.6 Å². The molecule has 0 aliphatic carbocycles. The van der Waals surface area contributed by atoms with Gasteiger partial charge in [0.05, 0.1) is 5.56 Å². The van der Waals surface area contributed by atoms with E-state index in [9.17, 15) is 18.0 Å². The van der Waals surface area contributed by atoms with Crippen LogP contribution in [0.5, 0.6) is 0 Å². The summed E-state index contributed by atoms with van der Waals surface area (Å²) in [6.07, 6.45) is 3.98. The van der Waals surface area contributed by atoms with Crippen LogP contribution in [-0.4, -0.2) is 78.7 Å². The highest BCUT2D eigenvalue weighted by Gasteiger charge is 2.41. The van der Waals surface area contributed by atoms with Crippen molar-refractivity contribution in [1.29, 1.82) is 0 Å². The van der Waals surface area contributed by atoms with Gasteiger partial charge in [-0.3, -0.25) is 14.5 Å². The third-order valence-corrected chi connectivity index (χ3v) is 7.21. The molecule has 1 saturated heterocycles. The number of carbonyl (C=O) groups excluding carboxylic acids is 2. The molecule has 10 nitrogen and oxygen atoms in total. The van der Waals surface area contributed by atoms with Crippen molar-refractivity contribution < 1.29 is 18.0 Å². The molecule has 2 aromatic rings. The third-order valence-electron chi connectivity index (χ3n) is 5.37. The molecular formula is C20H24N6O4S. The molecule has 1 aromatic carbocycles. The summed E-state index contributed by atoms with van der Waals surface area (Å²) in [7, 11) is -3.86. The first-order chi connectivity index (χ1) is 14.9. The Morgan fingerprint density at radius 1 is 1.10 bits per heavy atom. The first-order valence-corrected chi connectivity index (χ1v) is 11.5. The Bertz CT molecular complexity index is 1080. The number of amides is 2. The van der Waals surface area contributed by atoms with Crippen LogP contribution < -0.4 is 10.2 Å². The predicted octanol–water partition coefficient (Wildman–Crippen LogP) is 0.792. The molecule has 4 rings (SSSR count). The molecule has 0 bridgehead atoms. The topological polar surface area (TPSA) is 116 Å². The lowest BCUT2D eigenvalue weighted by atomic mass is 10.2. The summed E-state index contributed by atoms with van der Waals surface area (Å²) in [5, 5.41) is 2.57. The van der Waals surface area contributed by atoms with E-state index in [0.29, 0.717) is 24.6 Å². The summed E-state index contributed by atoms with van der Waals surface area (Å²) in [6, 6.07) is 6.07. The maximum Gasteiger partial charge on any atom is 0.269 e. The van der Waals surface area contributed by atoms with E-state index in [1.807, 2.05) is 0 Å². The largest absolute Gasteiger partial charge is 0.338 e. The van der Waals surface area contributed by atoms with Gasteiger partial charge < -0.3 is 10.2 Å². The summed E-state index contributed by atoms with van der Waals surface area (Å²) in [5.74, 6) is -0.121. The Balaban J connectivity index is 1.33. The smallest absolute Gasteiger partial charge is 0.269 e. The van der Waals surface area contributed by atoms with Gasteiger partial charge in [0.25, 0.3) is 15.9 Å². The van der Waals surface area contributed by atoms with E-state index in [4.69, 9.17) is 0 Å². The van der Waals surface area contributed by atoms with Crippen LogP contribution in [0.2, 0.25) is 0 Å². The fourth-order valence-corrected chi connectivity index (χ4v) is 5.44. The van der Waals surface area contributed by atoms with E-state index in [-0.39, 0.29) is 22.9 Å². The van der Waals surface area contributed by atoms with E-state index in [1.54, 1.807) is 18.5 Å². The van der Waals surface area contributed by atoms with Crippen LogP contribution in [0, 0.1) is 0 Å². The van der Waals surface area contributed by atoms with E-state index < -0.39 is 15.9 Å². The molecule has 164 valence electrons. The molecule has 0 radical (unpaired) electrons. The number of hydrogen-bond acceptors (Lipinski definition) is 8. The normalized spacial score (nSPS) is 18.2. The van der Waals surface area contributed by atoms with E-state index in [2.05, 4.69) is 25.1 Å². The van der Waals surface area contributed by atoms with Gasteiger partial charge in [0, 0.05) is 64.3 Å². The molecule has 11 heteroatoms. The highest BCUT2D eigenvalue weighted by molar-refractivity contribution is 7.90. The van der Waals surface area contributed by atoms with Crippen LogP contribution in [0.25, 0.3) is 0 Å². The molecule has 2 aliphatic heterocycles.